The normalized spacial score (nSPS) is 15.8. The van der Waals surface area contributed by atoms with Gasteiger partial charge in [-0.15, -0.1) is 0 Å². The molecule has 0 aromatic heterocycles. The van der Waals surface area contributed by atoms with Gasteiger partial charge < -0.3 is 10.2 Å². The van der Waals surface area contributed by atoms with E-state index in [1.54, 1.807) is 35.2 Å². The zero-order valence-electron chi connectivity index (χ0n) is 17.6. The van der Waals surface area contributed by atoms with Gasteiger partial charge in [-0.25, -0.2) is 9.38 Å². The van der Waals surface area contributed by atoms with E-state index in [0.717, 1.165) is 5.56 Å². The van der Waals surface area contributed by atoms with Crippen LogP contribution in [-0.2, 0) is 4.79 Å². The summed E-state index contributed by atoms with van der Waals surface area (Å²) < 4.78 is 14.9. The summed E-state index contributed by atoms with van der Waals surface area (Å²) in [6.45, 7) is 5.79. The van der Waals surface area contributed by atoms with E-state index in [0.29, 0.717) is 27.8 Å². The Labute approximate surface area is 186 Å². The minimum atomic E-state index is -0.733. The fourth-order valence-electron chi connectivity index (χ4n) is 3.65. The molecule has 1 heterocycles. The predicted molar refractivity (Wildman–Crippen MR) is 124 cm³/mol. The molecule has 6 heteroatoms. The summed E-state index contributed by atoms with van der Waals surface area (Å²) in [5, 5.41) is 3.64. The molecule has 0 aliphatic carbocycles. The number of anilines is 1. The summed E-state index contributed by atoms with van der Waals surface area (Å²) in [7, 11) is 0. The highest BCUT2D eigenvalue weighted by atomic mass is 35.5. The molecule has 0 fully saturated rings. The minimum Gasteiger partial charge on any atom is -0.349 e. The van der Waals surface area contributed by atoms with E-state index in [1.165, 1.54) is 6.07 Å². The van der Waals surface area contributed by atoms with Crippen molar-refractivity contribution in [3.63, 3.8) is 0 Å². The molecule has 0 radical (unpaired) electrons. The number of carbonyl (C=O) groups is 1. The van der Waals surface area contributed by atoms with Crippen LogP contribution in [0.2, 0.25) is 5.02 Å². The molecule has 1 amide bonds. The van der Waals surface area contributed by atoms with Crippen LogP contribution < -0.4 is 10.2 Å². The summed E-state index contributed by atoms with van der Waals surface area (Å²) in [4.78, 5) is 20.1. The Kier molecular flexibility index (Phi) is 5.54. The minimum absolute atomic E-state index is 0.196. The lowest BCUT2D eigenvalue weighted by atomic mass is 9.96. The molecule has 4 rings (SSSR count). The zero-order chi connectivity index (χ0) is 22.2. The van der Waals surface area contributed by atoms with E-state index < -0.39 is 17.4 Å². The third-order valence-corrected chi connectivity index (χ3v) is 5.16. The first-order valence-corrected chi connectivity index (χ1v) is 10.4. The first-order chi connectivity index (χ1) is 14.7. The van der Waals surface area contributed by atoms with Gasteiger partial charge in [-0.05, 0) is 63.2 Å². The molecule has 1 aliphatic heterocycles. The Balaban J connectivity index is 1.96. The van der Waals surface area contributed by atoms with Crippen molar-refractivity contribution in [2.75, 3.05) is 4.90 Å². The number of benzene rings is 3. The summed E-state index contributed by atoms with van der Waals surface area (Å²) >= 11 is 6.11. The van der Waals surface area contributed by atoms with E-state index in [1.807, 2.05) is 57.2 Å². The average molecular weight is 436 g/mol. The number of aliphatic imine (C=N–C) groups is 1. The van der Waals surface area contributed by atoms with Crippen LogP contribution >= 0.6 is 11.6 Å². The summed E-state index contributed by atoms with van der Waals surface area (Å²) in [5.74, 6) is -0.235. The molecule has 1 atom stereocenters. The maximum absolute atomic E-state index is 14.9. The second-order valence-corrected chi connectivity index (χ2v) is 8.90. The molecule has 0 saturated carbocycles. The fourth-order valence-corrected chi connectivity index (χ4v) is 3.78. The van der Waals surface area contributed by atoms with Gasteiger partial charge in [0.15, 0.2) is 0 Å². The van der Waals surface area contributed by atoms with Crippen molar-refractivity contribution >= 4 is 34.7 Å². The summed E-state index contributed by atoms with van der Waals surface area (Å²) in [5.41, 5.74) is 1.96. The number of hydrogen-bond donors (Lipinski definition) is 1. The van der Waals surface area contributed by atoms with Crippen molar-refractivity contribution in [3.05, 3.63) is 94.8 Å². The summed E-state index contributed by atoms with van der Waals surface area (Å²) in [6.07, 6.45) is 0. The van der Waals surface area contributed by atoms with Crippen molar-refractivity contribution in [1.82, 2.24) is 5.32 Å². The monoisotopic (exact) mass is 435 g/mol. The topological polar surface area (TPSA) is 44.7 Å². The number of rotatable bonds is 3. The molecule has 0 spiro atoms. The van der Waals surface area contributed by atoms with Crippen LogP contribution in [0.5, 0.6) is 0 Å². The van der Waals surface area contributed by atoms with Gasteiger partial charge in [0.1, 0.15) is 17.7 Å². The van der Waals surface area contributed by atoms with Crippen LogP contribution in [0.15, 0.2) is 77.8 Å². The third-order valence-electron chi connectivity index (χ3n) is 4.91. The molecular weight excluding hydrogens is 413 g/mol. The molecule has 4 nitrogen and oxygen atoms in total. The Morgan fingerprint density at radius 2 is 1.65 bits per heavy atom. The highest BCUT2D eigenvalue weighted by molar-refractivity contribution is 6.30. The predicted octanol–water partition coefficient (Wildman–Crippen LogP) is 6.03. The molecule has 3 aromatic carbocycles. The van der Waals surface area contributed by atoms with Gasteiger partial charge in [0.05, 0.1) is 11.3 Å². The van der Waals surface area contributed by atoms with Crippen LogP contribution in [0.25, 0.3) is 0 Å². The molecule has 1 unspecified atom stereocenters. The zero-order valence-corrected chi connectivity index (χ0v) is 18.3. The Morgan fingerprint density at radius 1 is 1.00 bits per heavy atom. The van der Waals surface area contributed by atoms with Gasteiger partial charge in [0.2, 0.25) is 5.91 Å². The quantitative estimate of drug-likeness (QED) is 0.545. The van der Waals surface area contributed by atoms with Gasteiger partial charge in [-0.1, -0.05) is 41.9 Å². The lowest BCUT2D eigenvalue weighted by Crippen LogP contribution is -2.50. The molecule has 1 aliphatic rings. The average Bonchev–Trinajstić information content (AvgIpc) is 2.72. The van der Waals surface area contributed by atoms with E-state index in [4.69, 9.17) is 16.6 Å². The second kappa shape index (κ2) is 8.16. The number of amides is 1. The van der Waals surface area contributed by atoms with Gasteiger partial charge in [0, 0.05) is 21.8 Å². The van der Waals surface area contributed by atoms with E-state index in [2.05, 4.69) is 5.32 Å². The number of nitrogens with one attached hydrogen (secondary N) is 1. The third kappa shape index (κ3) is 4.32. The van der Waals surface area contributed by atoms with E-state index in [9.17, 15) is 9.18 Å². The highest BCUT2D eigenvalue weighted by Crippen LogP contribution is 2.40. The number of fused-ring (bicyclic) bond motifs is 1. The number of nitrogens with zero attached hydrogens (tertiary/aromatic N) is 2. The maximum Gasteiger partial charge on any atom is 0.248 e. The molecule has 1 N–H and O–H groups in total. The van der Waals surface area contributed by atoms with E-state index in [-0.39, 0.29) is 5.91 Å². The van der Waals surface area contributed by atoms with Gasteiger partial charge >= 0.3 is 0 Å². The van der Waals surface area contributed by atoms with Crippen LogP contribution in [-0.4, -0.2) is 17.3 Å². The Hall–Kier alpha value is -3.18. The van der Waals surface area contributed by atoms with Crippen molar-refractivity contribution < 1.29 is 9.18 Å². The smallest absolute Gasteiger partial charge is 0.248 e. The van der Waals surface area contributed by atoms with Crippen LogP contribution in [0.1, 0.15) is 37.9 Å². The molecular formula is C25H23ClFN3O. The summed E-state index contributed by atoms with van der Waals surface area (Å²) in [6, 6.07) is 20.3. The standard InChI is InChI=1S/C25H23ClFN3O/c1-25(2,3)29-24(31)22-19-9-5-7-11-21(19)28-23(18-8-4-6-10-20(18)27)30(22)17-14-12-16(26)13-15-17/h4-15,22H,1-3H3,(H,29,31). The maximum atomic E-state index is 14.9. The van der Waals surface area contributed by atoms with Gasteiger partial charge in [0.25, 0.3) is 0 Å². The lowest BCUT2D eigenvalue weighted by Gasteiger charge is -2.39. The van der Waals surface area contributed by atoms with Crippen LogP contribution in [0, 0.1) is 5.82 Å². The van der Waals surface area contributed by atoms with Gasteiger partial charge in [-0.2, -0.15) is 0 Å². The Bertz CT molecular complexity index is 1150. The number of carbonyl (C=O) groups excluding carboxylic acids is 1. The second-order valence-electron chi connectivity index (χ2n) is 8.46. The van der Waals surface area contributed by atoms with Crippen LogP contribution in [0.4, 0.5) is 15.8 Å². The first kappa shape index (κ1) is 21.1. The first-order valence-electron chi connectivity index (χ1n) is 10.0. The van der Waals surface area contributed by atoms with Crippen molar-refractivity contribution in [2.45, 2.75) is 32.4 Å². The fraction of sp³-hybridized carbons (Fsp3) is 0.200. The number of para-hydroxylation sites is 1. The Morgan fingerprint density at radius 3 is 2.32 bits per heavy atom. The highest BCUT2D eigenvalue weighted by Gasteiger charge is 2.38. The van der Waals surface area contributed by atoms with Gasteiger partial charge in [-0.3, -0.25) is 4.79 Å². The molecule has 3 aromatic rings. The number of amidine groups is 1. The van der Waals surface area contributed by atoms with Crippen molar-refractivity contribution in [1.29, 1.82) is 0 Å². The van der Waals surface area contributed by atoms with Crippen molar-refractivity contribution in [3.8, 4) is 0 Å². The number of halogens is 2. The SMILES string of the molecule is CC(C)(C)NC(=O)C1c2ccccc2N=C(c2ccccc2F)N1c1ccc(Cl)cc1. The molecule has 31 heavy (non-hydrogen) atoms. The van der Waals surface area contributed by atoms with Crippen LogP contribution in [0.3, 0.4) is 0 Å². The lowest BCUT2D eigenvalue weighted by molar-refractivity contribution is -0.123. The largest absolute Gasteiger partial charge is 0.349 e. The molecule has 158 valence electrons. The van der Waals surface area contributed by atoms with Crippen molar-refractivity contribution in [2.24, 2.45) is 4.99 Å². The molecule has 0 bridgehead atoms. The van der Waals surface area contributed by atoms with E-state index >= 15 is 0 Å². The molecule has 0 saturated heterocycles. The number of hydrogen-bond acceptors (Lipinski definition) is 3.